The van der Waals surface area contributed by atoms with Gasteiger partial charge in [0, 0.05) is 12.0 Å². The molecule has 0 bridgehead atoms. The van der Waals surface area contributed by atoms with E-state index in [1.807, 2.05) is 6.07 Å². The Hall–Kier alpha value is -1.22. The SMILES string of the molecule is CC1CC(C)(C)CC(N)(c2ccc3c(c2)OCCCO3)C1. The molecule has 3 nitrogen and oxygen atoms in total. The van der Waals surface area contributed by atoms with Crippen LogP contribution < -0.4 is 15.2 Å². The molecule has 1 fully saturated rings. The fourth-order valence-corrected chi connectivity index (χ4v) is 4.33. The van der Waals surface area contributed by atoms with Crippen molar-refractivity contribution in [2.75, 3.05) is 13.2 Å². The van der Waals surface area contributed by atoms with Crippen molar-refractivity contribution in [3.8, 4) is 11.5 Å². The van der Waals surface area contributed by atoms with Gasteiger partial charge in [-0.05, 0) is 48.3 Å². The summed E-state index contributed by atoms with van der Waals surface area (Å²) in [4.78, 5) is 0. The minimum absolute atomic E-state index is 0.258. The standard InChI is InChI=1S/C18H27NO2/c1-13-10-17(2,3)12-18(19,11-13)14-5-6-15-16(9-14)21-8-4-7-20-15/h5-6,9,13H,4,7-8,10-12,19H2,1-3H3. The summed E-state index contributed by atoms with van der Waals surface area (Å²) in [5.74, 6) is 2.35. The van der Waals surface area contributed by atoms with Crippen LogP contribution in [0.2, 0.25) is 0 Å². The predicted octanol–water partition coefficient (Wildman–Crippen LogP) is 3.85. The van der Waals surface area contributed by atoms with Crippen molar-refractivity contribution < 1.29 is 9.47 Å². The number of rotatable bonds is 1. The molecule has 1 heterocycles. The van der Waals surface area contributed by atoms with Gasteiger partial charge in [0.2, 0.25) is 0 Å². The first-order valence-corrected chi connectivity index (χ1v) is 8.07. The maximum Gasteiger partial charge on any atom is 0.161 e. The van der Waals surface area contributed by atoms with Crippen molar-refractivity contribution in [1.29, 1.82) is 0 Å². The van der Waals surface area contributed by atoms with Gasteiger partial charge in [0.05, 0.1) is 13.2 Å². The smallest absolute Gasteiger partial charge is 0.161 e. The van der Waals surface area contributed by atoms with E-state index in [1.165, 1.54) is 12.0 Å². The molecule has 2 atom stereocenters. The largest absolute Gasteiger partial charge is 0.490 e. The molecule has 116 valence electrons. The van der Waals surface area contributed by atoms with Crippen LogP contribution in [-0.2, 0) is 5.54 Å². The third-order valence-electron chi connectivity index (χ3n) is 4.73. The van der Waals surface area contributed by atoms with Gasteiger partial charge in [0.1, 0.15) is 0 Å². The lowest BCUT2D eigenvalue weighted by Gasteiger charge is -2.46. The molecule has 2 N–H and O–H groups in total. The molecule has 1 aliphatic carbocycles. The molecule has 2 unspecified atom stereocenters. The fourth-order valence-electron chi connectivity index (χ4n) is 4.33. The molecule has 1 saturated carbocycles. The summed E-state index contributed by atoms with van der Waals surface area (Å²) in [7, 11) is 0. The summed E-state index contributed by atoms with van der Waals surface area (Å²) in [5, 5.41) is 0. The first-order chi connectivity index (χ1) is 9.88. The number of hydrogen-bond donors (Lipinski definition) is 1. The quantitative estimate of drug-likeness (QED) is 0.854. The topological polar surface area (TPSA) is 44.5 Å². The van der Waals surface area contributed by atoms with E-state index in [2.05, 4.69) is 32.9 Å². The molecular weight excluding hydrogens is 262 g/mol. The number of nitrogens with two attached hydrogens (primary N) is 1. The molecule has 21 heavy (non-hydrogen) atoms. The van der Waals surface area contributed by atoms with Gasteiger partial charge in [-0.2, -0.15) is 0 Å². The zero-order valence-electron chi connectivity index (χ0n) is 13.4. The molecule has 0 saturated heterocycles. The van der Waals surface area contributed by atoms with Gasteiger partial charge in [-0.3, -0.25) is 0 Å². The molecule has 3 rings (SSSR count). The molecule has 1 aromatic carbocycles. The maximum atomic E-state index is 6.82. The Bertz CT molecular complexity index is 526. The van der Waals surface area contributed by atoms with Crippen molar-refractivity contribution in [1.82, 2.24) is 0 Å². The number of ether oxygens (including phenoxy) is 2. The van der Waals surface area contributed by atoms with Crippen LogP contribution in [0, 0.1) is 11.3 Å². The second-order valence-electron chi connectivity index (χ2n) is 7.72. The Morgan fingerprint density at radius 1 is 1.10 bits per heavy atom. The first kappa shape index (κ1) is 14.7. The van der Waals surface area contributed by atoms with E-state index in [1.54, 1.807) is 0 Å². The predicted molar refractivity (Wildman–Crippen MR) is 84.7 cm³/mol. The molecule has 3 heteroatoms. The Morgan fingerprint density at radius 2 is 1.81 bits per heavy atom. The van der Waals surface area contributed by atoms with Gasteiger partial charge in [0.25, 0.3) is 0 Å². The van der Waals surface area contributed by atoms with E-state index in [9.17, 15) is 0 Å². The Morgan fingerprint density at radius 3 is 2.52 bits per heavy atom. The molecular formula is C18H27NO2. The summed E-state index contributed by atoms with van der Waals surface area (Å²) < 4.78 is 11.5. The van der Waals surface area contributed by atoms with E-state index in [0.717, 1.165) is 44.0 Å². The molecule has 0 amide bonds. The fraction of sp³-hybridized carbons (Fsp3) is 0.667. The summed E-state index contributed by atoms with van der Waals surface area (Å²) in [6.45, 7) is 8.41. The Labute approximate surface area is 127 Å². The van der Waals surface area contributed by atoms with E-state index in [-0.39, 0.29) is 11.0 Å². The summed E-state index contributed by atoms with van der Waals surface area (Å²) in [6.07, 6.45) is 4.23. The number of fused-ring (bicyclic) bond motifs is 1. The molecule has 0 spiro atoms. The average Bonchev–Trinajstić information content (AvgIpc) is 2.59. The van der Waals surface area contributed by atoms with Crippen LogP contribution in [0.3, 0.4) is 0 Å². The molecule has 0 aromatic heterocycles. The van der Waals surface area contributed by atoms with Crippen LogP contribution in [-0.4, -0.2) is 13.2 Å². The lowest BCUT2D eigenvalue weighted by molar-refractivity contribution is 0.107. The summed E-state index contributed by atoms with van der Waals surface area (Å²) in [6, 6.07) is 6.26. The average molecular weight is 289 g/mol. The highest BCUT2D eigenvalue weighted by molar-refractivity contribution is 5.45. The van der Waals surface area contributed by atoms with Crippen LogP contribution in [0.15, 0.2) is 18.2 Å². The molecule has 2 aliphatic rings. The second-order valence-corrected chi connectivity index (χ2v) is 7.72. The maximum absolute atomic E-state index is 6.82. The van der Waals surface area contributed by atoms with Crippen LogP contribution >= 0.6 is 0 Å². The van der Waals surface area contributed by atoms with Gasteiger partial charge >= 0.3 is 0 Å². The number of benzene rings is 1. The minimum atomic E-state index is -0.258. The Balaban J connectivity index is 1.93. The normalized spacial score (nSPS) is 31.5. The Kier molecular flexibility index (Phi) is 3.64. The van der Waals surface area contributed by atoms with Crippen LogP contribution in [0.5, 0.6) is 11.5 Å². The van der Waals surface area contributed by atoms with E-state index in [0.29, 0.717) is 5.92 Å². The molecule has 0 radical (unpaired) electrons. The van der Waals surface area contributed by atoms with Crippen LogP contribution in [0.25, 0.3) is 0 Å². The van der Waals surface area contributed by atoms with Crippen LogP contribution in [0.1, 0.15) is 52.0 Å². The van der Waals surface area contributed by atoms with Crippen LogP contribution in [0.4, 0.5) is 0 Å². The van der Waals surface area contributed by atoms with Crippen molar-refractivity contribution >= 4 is 0 Å². The van der Waals surface area contributed by atoms with E-state index < -0.39 is 0 Å². The lowest BCUT2D eigenvalue weighted by atomic mass is 9.62. The van der Waals surface area contributed by atoms with Gasteiger partial charge < -0.3 is 15.2 Å². The number of hydrogen-bond acceptors (Lipinski definition) is 3. The van der Waals surface area contributed by atoms with Crippen molar-refractivity contribution in [2.24, 2.45) is 17.1 Å². The summed E-state index contributed by atoms with van der Waals surface area (Å²) >= 11 is 0. The van der Waals surface area contributed by atoms with Crippen molar-refractivity contribution in [3.63, 3.8) is 0 Å². The highest BCUT2D eigenvalue weighted by Crippen LogP contribution is 2.48. The molecule has 1 aromatic rings. The third kappa shape index (κ3) is 3.03. The zero-order chi connectivity index (χ0) is 15.1. The zero-order valence-corrected chi connectivity index (χ0v) is 13.4. The lowest BCUT2D eigenvalue weighted by Crippen LogP contribution is -2.46. The van der Waals surface area contributed by atoms with Crippen molar-refractivity contribution in [3.05, 3.63) is 23.8 Å². The summed E-state index contributed by atoms with van der Waals surface area (Å²) in [5.41, 5.74) is 8.04. The van der Waals surface area contributed by atoms with Gasteiger partial charge in [-0.1, -0.05) is 26.8 Å². The highest BCUT2D eigenvalue weighted by Gasteiger charge is 2.41. The van der Waals surface area contributed by atoms with Gasteiger partial charge in [-0.25, -0.2) is 0 Å². The molecule has 1 aliphatic heterocycles. The second kappa shape index (κ2) is 5.20. The van der Waals surface area contributed by atoms with Crippen molar-refractivity contribution in [2.45, 2.75) is 52.0 Å². The first-order valence-electron chi connectivity index (χ1n) is 8.07. The van der Waals surface area contributed by atoms with E-state index >= 15 is 0 Å². The minimum Gasteiger partial charge on any atom is -0.490 e. The van der Waals surface area contributed by atoms with E-state index in [4.69, 9.17) is 15.2 Å². The van der Waals surface area contributed by atoms with Gasteiger partial charge in [-0.15, -0.1) is 0 Å². The highest BCUT2D eigenvalue weighted by atomic mass is 16.5. The van der Waals surface area contributed by atoms with Gasteiger partial charge in [0.15, 0.2) is 11.5 Å². The third-order valence-corrected chi connectivity index (χ3v) is 4.73. The monoisotopic (exact) mass is 289 g/mol.